The number of carboxylic acids is 1. The molecule has 2 atom stereocenters. The van der Waals surface area contributed by atoms with Gasteiger partial charge in [-0.05, 0) is 12.8 Å². The van der Waals surface area contributed by atoms with Crippen LogP contribution in [0.5, 0.6) is 0 Å². The van der Waals surface area contributed by atoms with Gasteiger partial charge in [-0.15, -0.1) is 0 Å². The molecule has 4 heteroatoms. The zero-order valence-electron chi connectivity index (χ0n) is 7.41. The van der Waals surface area contributed by atoms with Crippen LogP contribution in [0.3, 0.4) is 0 Å². The van der Waals surface area contributed by atoms with E-state index in [1.807, 2.05) is 25.6 Å². The number of aliphatic carboxylic acids is 1. The third-order valence-electron chi connectivity index (χ3n) is 2.19. The molecule has 0 aromatic carbocycles. The lowest BCUT2D eigenvalue weighted by Gasteiger charge is -2.36. The van der Waals surface area contributed by atoms with Crippen molar-refractivity contribution in [1.82, 2.24) is 0 Å². The number of rotatable bonds is 1. The number of thioether (sulfide) groups is 1. The van der Waals surface area contributed by atoms with Crippen molar-refractivity contribution in [2.45, 2.75) is 42.7 Å². The van der Waals surface area contributed by atoms with Crippen LogP contribution in [0.15, 0.2) is 0 Å². The van der Waals surface area contributed by atoms with E-state index < -0.39 is 11.5 Å². The molecule has 1 rings (SSSR count). The molecule has 0 aromatic heterocycles. The number of hydrogen-bond donors (Lipinski definition) is 2. The fourth-order valence-corrected chi connectivity index (χ4v) is 3.36. The van der Waals surface area contributed by atoms with Gasteiger partial charge in [0.05, 0.1) is 0 Å². The molecule has 1 saturated heterocycles. The highest BCUT2D eigenvalue weighted by Crippen LogP contribution is 2.36. The van der Waals surface area contributed by atoms with Crippen LogP contribution in [0.1, 0.15) is 26.7 Å². The van der Waals surface area contributed by atoms with Crippen molar-refractivity contribution < 1.29 is 9.90 Å². The largest absolute Gasteiger partial charge is 0.480 e. The standard InChI is InChI=1S/C8H15NO2S/c1-5-3-8(9,7(10)11)4-6(2)12-5/h5-6H,3-4,9H2,1-2H3,(H,10,11). The molecule has 12 heavy (non-hydrogen) atoms. The summed E-state index contributed by atoms with van der Waals surface area (Å²) in [6.45, 7) is 4.07. The number of nitrogens with two attached hydrogens (primary N) is 1. The summed E-state index contributed by atoms with van der Waals surface area (Å²) in [4.78, 5) is 10.8. The number of hydrogen-bond acceptors (Lipinski definition) is 3. The molecular formula is C8H15NO2S. The molecule has 1 aliphatic rings. The molecule has 1 fully saturated rings. The van der Waals surface area contributed by atoms with Gasteiger partial charge in [-0.2, -0.15) is 11.8 Å². The van der Waals surface area contributed by atoms with E-state index in [9.17, 15) is 4.79 Å². The van der Waals surface area contributed by atoms with Crippen molar-refractivity contribution in [2.75, 3.05) is 0 Å². The predicted molar refractivity (Wildman–Crippen MR) is 50.3 cm³/mol. The highest BCUT2D eigenvalue weighted by Gasteiger charge is 2.41. The quantitative estimate of drug-likeness (QED) is 0.647. The van der Waals surface area contributed by atoms with Crippen LogP contribution in [0, 0.1) is 0 Å². The summed E-state index contributed by atoms with van der Waals surface area (Å²) in [5.74, 6) is -0.860. The van der Waals surface area contributed by atoms with Crippen molar-refractivity contribution in [3.8, 4) is 0 Å². The van der Waals surface area contributed by atoms with Gasteiger partial charge in [0.25, 0.3) is 0 Å². The minimum Gasteiger partial charge on any atom is -0.480 e. The summed E-state index contributed by atoms with van der Waals surface area (Å²) in [5, 5.41) is 9.61. The van der Waals surface area contributed by atoms with Gasteiger partial charge in [-0.25, -0.2) is 0 Å². The SMILES string of the molecule is CC1CC(N)(C(=O)O)CC(C)S1. The molecular weight excluding hydrogens is 174 g/mol. The van der Waals surface area contributed by atoms with Crippen molar-refractivity contribution >= 4 is 17.7 Å². The summed E-state index contributed by atoms with van der Waals surface area (Å²) >= 11 is 1.82. The van der Waals surface area contributed by atoms with Crippen molar-refractivity contribution in [2.24, 2.45) is 5.73 Å². The topological polar surface area (TPSA) is 63.3 Å². The first-order valence-electron chi connectivity index (χ1n) is 4.12. The maximum atomic E-state index is 10.8. The third-order valence-corrected chi connectivity index (χ3v) is 3.46. The number of carboxylic acid groups (broad SMARTS) is 1. The Hall–Kier alpha value is -0.220. The lowest BCUT2D eigenvalue weighted by Crippen LogP contribution is -2.53. The van der Waals surface area contributed by atoms with Gasteiger partial charge in [-0.1, -0.05) is 13.8 Å². The number of carbonyl (C=O) groups is 1. The van der Waals surface area contributed by atoms with Crippen molar-refractivity contribution in [3.05, 3.63) is 0 Å². The van der Waals surface area contributed by atoms with Crippen LogP contribution in [0.2, 0.25) is 0 Å². The van der Waals surface area contributed by atoms with E-state index in [1.54, 1.807) is 0 Å². The van der Waals surface area contributed by atoms with Gasteiger partial charge < -0.3 is 10.8 Å². The van der Waals surface area contributed by atoms with Crippen molar-refractivity contribution in [1.29, 1.82) is 0 Å². The Kier molecular flexibility index (Phi) is 2.68. The maximum absolute atomic E-state index is 10.8. The molecule has 3 N–H and O–H groups in total. The Morgan fingerprint density at radius 3 is 2.25 bits per heavy atom. The van der Waals surface area contributed by atoms with Crippen LogP contribution < -0.4 is 5.73 Å². The van der Waals surface area contributed by atoms with Crippen LogP contribution in [0.25, 0.3) is 0 Å². The molecule has 0 aromatic rings. The van der Waals surface area contributed by atoms with Gasteiger partial charge in [0.1, 0.15) is 5.54 Å². The lowest BCUT2D eigenvalue weighted by molar-refractivity contribution is -0.144. The van der Waals surface area contributed by atoms with E-state index in [1.165, 1.54) is 0 Å². The van der Waals surface area contributed by atoms with E-state index >= 15 is 0 Å². The first kappa shape index (κ1) is 9.86. The second-order valence-electron chi connectivity index (χ2n) is 3.63. The Labute approximate surface area is 76.7 Å². The van der Waals surface area contributed by atoms with E-state index in [0.717, 1.165) is 0 Å². The minimum atomic E-state index is -0.982. The van der Waals surface area contributed by atoms with Gasteiger partial charge in [0.2, 0.25) is 0 Å². The van der Waals surface area contributed by atoms with E-state index in [-0.39, 0.29) is 0 Å². The summed E-state index contributed by atoms with van der Waals surface area (Å²) < 4.78 is 0. The Morgan fingerprint density at radius 1 is 1.50 bits per heavy atom. The van der Waals surface area contributed by atoms with Crippen molar-refractivity contribution in [3.63, 3.8) is 0 Å². The second-order valence-corrected chi connectivity index (χ2v) is 5.51. The highest BCUT2D eigenvalue weighted by molar-refractivity contribution is 8.00. The summed E-state index contributed by atoms with van der Waals surface area (Å²) in [6, 6.07) is 0. The second kappa shape index (κ2) is 3.26. The molecule has 0 spiro atoms. The molecule has 0 saturated carbocycles. The first-order chi connectivity index (χ1) is 5.44. The molecule has 0 aliphatic carbocycles. The molecule has 0 amide bonds. The van der Waals surface area contributed by atoms with Gasteiger partial charge in [0, 0.05) is 10.5 Å². The van der Waals surface area contributed by atoms with E-state index in [0.29, 0.717) is 23.3 Å². The maximum Gasteiger partial charge on any atom is 0.323 e. The van der Waals surface area contributed by atoms with Crippen LogP contribution in [-0.2, 0) is 4.79 Å². The summed E-state index contributed by atoms with van der Waals surface area (Å²) in [7, 11) is 0. The monoisotopic (exact) mass is 189 g/mol. The van der Waals surface area contributed by atoms with Crippen LogP contribution >= 0.6 is 11.8 Å². The Morgan fingerprint density at radius 2 is 1.92 bits per heavy atom. The fourth-order valence-electron chi connectivity index (χ4n) is 1.78. The van der Waals surface area contributed by atoms with Gasteiger partial charge in [0.15, 0.2) is 0 Å². The minimum absolute atomic E-state index is 0.356. The zero-order valence-corrected chi connectivity index (χ0v) is 8.23. The smallest absolute Gasteiger partial charge is 0.323 e. The average molecular weight is 189 g/mol. The lowest BCUT2D eigenvalue weighted by atomic mass is 9.89. The average Bonchev–Trinajstić information content (AvgIpc) is 1.82. The van der Waals surface area contributed by atoms with E-state index in [4.69, 9.17) is 10.8 Å². The predicted octanol–water partition coefficient (Wildman–Crippen LogP) is 1.07. The highest BCUT2D eigenvalue weighted by atomic mass is 32.2. The third kappa shape index (κ3) is 1.93. The van der Waals surface area contributed by atoms with Gasteiger partial charge in [-0.3, -0.25) is 4.79 Å². The molecule has 0 bridgehead atoms. The summed E-state index contributed by atoms with van der Waals surface area (Å²) in [5.41, 5.74) is 4.79. The normalized spacial score (nSPS) is 42.6. The zero-order chi connectivity index (χ0) is 9.35. The Bertz CT molecular complexity index is 185. The molecule has 3 nitrogen and oxygen atoms in total. The molecule has 0 radical (unpaired) electrons. The fraction of sp³-hybridized carbons (Fsp3) is 0.875. The van der Waals surface area contributed by atoms with Crippen LogP contribution in [0.4, 0.5) is 0 Å². The van der Waals surface area contributed by atoms with Gasteiger partial charge >= 0.3 is 5.97 Å². The first-order valence-corrected chi connectivity index (χ1v) is 5.06. The molecule has 1 heterocycles. The summed E-state index contributed by atoms with van der Waals surface area (Å²) in [6.07, 6.45) is 1.16. The van der Waals surface area contributed by atoms with Crippen LogP contribution in [-0.4, -0.2) is 27.1 Å². The molecule has 2 unspecified atom stereocenters. The molecule has 70 valence electrons. The Balaban J connectivity index is 2.71. The molecule has 1 aliphatic heterocycles. The van der Waals surface area contributed by atoms with E-state index in [2.05, 4.69) is 0 Å².